The number of ketones is 1. The molecule has 0 heterocycles. The molecule has 0 aromatic carbocycles. The van der Waals surface area contributed by atoms with Crippen molar-refractivity contribution in [3.63, 3.8) is 0 Å². The minimum atomic E-state index is -1.60. The van der Waals surface area contributed by atoms with Crippen LogP contribution in [0.1, 0.15) is 52.9 Å². The average Bonchev–Trinajstić information content (AvgIpc) is 2.97. The number of rotatable bonds is 2. The first-order valence-electron chi connectivity index (χ1n) is 10.3. The van der Waals surface area contributed by atoms with Crippen molar-refractivity contribution < 1.29 is 23.1 Å². The Labute approximate surface area is 179 Å². The van der Waals surface area contributed by atoms with Gasteiger partial charge in [0.25, 0.3) is 0 Å². The molecule has 4 aliphatic rings. The molecule has 0 aliphatic heterocycles. The third-order valence-electron chi connectivity index (χ3n) is 8.14. The Kier molecular flexibility index (Phi) is 4.98. The maximum absolute atomic E-state index is 15.3. The molecular weight excluding hydrogens is 421 g/mol. The fourth-order valence-electron chi connectivity index (χ4n) is 6.62. The second-order valence-corrected chi connectivity index (χ2v) is 10.6. The van der Waals surface area contributed by atoms with E-state index in [0.29, 0.717) is 19.3 Å². The quantitative estimate of drug-likeness (QED) is 0.418. The summed E-state index contributed by atoms with van der Waals surface area (Å²) in [6, 6.07) is 0. The summed E-state index contributed by atoms with van der Waals surface area (Å²) in [5.41, 5.74) is -1.78. The summed E-state index contributed by atoms with van der Waals surface area (Å²) in [7, 11) is 0. The second kappa shape index (κ2) is 6.78. The van der Waals surface area contributed by atoms with E-state index in [4.69, 9.17) is 27.9 Å². The Hall–Kier alpha value is -0.940. The minimum absolute atomic E-state index is 0.00429. The normalized spacial score (nSPS) is 48.8. The standard InChI is InChI=1S/C22H26Cl2F2O3/c1-4-17(28)29-16-6-5-11-12-9-13(25)18-19(26)14(27)7-8-21(18,3)22(12,24)15(23)10-20(11,16)2/h7-8,11-13,15-16H,4-6,9-10H2,1-3H3/t11-,12-,13-,15-,16+,20-,21-,22-/m0/s1. The summed E-state index contributed by atoms with van der Waals surface area (Å²) in [6.45, 7) is 5.49. The van der Waals surface area contributed by atoms with Gasteiger partial charge in [-0.05, 0) is 43.6 Å². The van der Waals surface area contributed by atoms with E-state index in [1.807, 2.05) is 6.92 Å². The van der Waals surface area contributed by atoms with Crippen molar-refractivity contribution in [3.8, 4) is 0 Å². The zero-order chi connectivity index (χ0) is 21.4. The summed E-state index contributed by atoms with van der Waals surface area (Å²) in [5.74, 6) is -2.46. The molecule has 29 heavy (non-hydrogen) atoms. The van der Waals surface area contributed by atoms with Gasteiger partial charge in [0.2, 0.25) is 5.78 Å². The van der Waals surface area contributed by atoms with Crippen LogP contribution in [-0.4, -0.2) is 34.3 Å². The summed E-state index contributed by atoms with van der Waals surface area (Å²) >= 11 is 14.2. The predicted molar refractivity (Wildman–Crippen MR) is 107 cm³/mol. The molecule has 0 radical (unpaired) electrons. The maximum atomic E-state index is 15.3. The lowest BCUT2D eigenvalue weighted by Crippen LogP contribution is -2.66. The van der Waals surface area contributed by atoms with E-state index in [2.05, 4.69) is 0 Å². The van der Waals surface area contributed by atoms with Crippen LogP contribution in [0.25, 0.3) is 0 Å². The van der Waals surface area contributed by atoms with Gasteiger partial charge in [-0.3, -0.25) is 9.59 Å². The van der Waals surface area contributed by atoms with E-state index in [9.17, 15) is 14.0 Å². The molecule has 0 unspecified atom stereocenters. The topological polar surface area (TPSA) is 43.4 Å². The van der Waals surface area contributed by atoms with Crippen molar-refractivity contribution in [2.24, 2.45) is 22.7 Å². The number of hydrogen-bond acceptors (Lipinski definition) is 3. The Morgan fingerprint density at radius 2 is 2.00 bits per heavy atom. The molecule has 0 aromatic rings. The van der Waals surface area contributed by atoms with Gasteiger partial charge in [0.15, 0.2) is 5.83 Å². The number of allylic oxidation sites excluding steroid dienone is 4. The lowest BCUT2D eigenvalue weighted by Gasteiger charge is -2.63. The highest BCUT2D eigenvalue weighted by Crippen LogP contribution is 2.70. The summed E-state index contributed by atoms with van der Waals surface area (Å²) < 4.78 is 35.8. The van der Waals surface area contributed by atoms with Gasteiger partial charge < -0.3 is 4.74 Å². The monoisotopic (exact) mass is 446 g/mol. The number of alkyl halides is 3. The fourth-order valence-corrected chi connectivity index (χ4v) is 7.82. The summed E-state index contributed by atoms with van der Waals surface area (Å²) in [6.07, 6.45) is 3.01. The van der Waals surface area contributed by atoms with Crippen molar-refractivity contribution in [3.05, 3.63) is 23.6 Å². The molecule has 4 rings (SSSR count). The molecule has 7 heteroatoms. The molecule has 0 saturated heterocycles. The van der Waals surface area contributed by atoms with E-state index in [0.717, 1.165) is 12.5 Å². The van der Waals surface area contributed by atoms with Crippen molar-refractivity contribution in [1.82, 2.24) is 0 Å². The Bertz CT molecular complexity index is 827. The number of halogens is 4. The van der Waals surface area contributed by atoms with Gasteiger partial charge in [-0.2, -0.15) is 0 Å². The van der Waals surface area contributed by atoms with Gasteiger partial charge >= 0.3 is 5.97 Å². The van der Waals surface area contributed by atoms with Crippen LogP contribution in [0.4, 0.5) is 8.78 Å². The molecule has 0 aromatic heterocycles. The number of hydrogen-bond donors (Lipinski definition) is 0. The number of carbonyl (C=O) groups excluding carboxylic acids is 2. The highest BCUT2D eigenvalue weighted by atomic mass is 35.5. The van der Waals surface area contributed by atoms with Crippen LogP contribution in [0, 0.1) is 22.7 Å². The van der Waals surface area contributed by atoms with E-state index in [1.165, 1.54) is 0 Å². The van der Waals surface area contributed by atoms with Crippen LogP contribution in [0.2, 0.25) is 0 Å². The molecule has 0 amide bonds. The van der Waals surface area contributed by atoms with E-state index < -0.39 is 38.9 Å². The van der Waals surface area contributed by atoms with Gasteiger partial charge in [0.1, 0.15) is 12.3 Å². The van der Waals surface area contributed by atoms with Crippen LogP contribution in [0.5, 0.6) is 0 Å². The molecule has 8 atom stereocenters. The molecule has 0 bridgehead atoms. The largest absolute Gasteiger partial charge is 0.462 e. The van der Waals surface area contributed by atoms with Crippen LogP contribution < -0.4 is 0 Å². The molecule has 0 spiro atoms. The number of carbonyl (C=O) groups is 2. The van der Waals surface area contributed by atoms with Gasteiger partial charge in [-0.1, -0.05) is 26.8 Å². The van der Waals surface area contributed by atoms with E-state index >= 15 is 4.39 Å². The van der Waals surface area contributed by atoms with Crippen molar-refractivity contribution in [1.29, 1.82) is 0 Å². The third kappa shape index (κ3) is 2.65. The molecule has 3 saturated carbocycles. The fraction of sp³-hybridized carbons (Fsp3) is 0.727. The molecule has 0 N–H and O–H groups in total. The number of ether oxygens (including phenoxy) is 1. The van der Waals surface area contributed by atoms with Crippen LogP contribution in [0.15, 0.2) is 23.6 Å². The highest BCUT2D eigenvalue weighted by molar-refractivity contribution is 6.34. The zero-order valence-corrected chi connectivity index (χ0v) is 18.3. The SMILES string of the molecule is CCC(=O)O[C@@H]1CC[C@H]2[C@@H]3C[C@H](F)C4=C(F)C(=O)C=C[C@]4(C)[C@@]3(Cl)[C@@H](Cl)C[C@]12C. The molecule has 3 nitrogen and oxygen atoms in total. The molecule has 160 valence electrons. The Morgan fingerprint density at radius 3 is 2.66 bits per heavy atom. The first-order chi connectivity index (χ1) is 13.5. The van der Waals surface area contributed by atoms with Gasteiger partial charge in [-0.15, -0.1) is 23.2 Å². The predicted octanol–water partition coefficient (Wildman–Crippen LogP) is 5.44. The lowest BCUT2D eigenvalue weighted by molar-refractivity contribution is -0.158. The van der Waals surface area contributed by atoms with Crippen LogP contribution in [-0.2, 0) is 14.3 Å². The molecule has 4 aliphatic carbocycles. The highest BCUT2D eigenvalue weighted by Gasteiger charge is 2.71. The first-order valence-corrected chi connectivity index (χ1v) is 11.1. The van der Waals surface area contributed by atoms with E-state index in [-0.39, 0.29) is 35.9 Å². The number of esters is 1. The second-order valence-electron chi connectivity index (χ2n) is 9.40. The van der Waals surface area contributed by atoms with E-state index in [1.54, 1.807) is 19.9 Å². The van der Waals surface area contributed by atoms with Gasteiger partial charge in [-0.25, -0.2) is 8.78 Å². The number of fused-ring (bicyclic) bond motifs is 5. The first kappa shape index (κ1) is 21.3. The minimum Gasteiger partial charge on any atom is -0.462 e. The average molecular weight is 447 g/mol. The Morgan fingerprint density at radius 1 is 1.31 bits per heavy atom. The van der Waals surface area contributed by atoms with Crippen molar-refractivity contribution in [2.45, 2.75) is 75.4 Å². The molecule has 3 fully saturated rings. The smallest absolute Gasteiger partial charge is 0.305 e. The van der Waals surface area contributed by atoms with Crippen molar-refractivity contribution >= 4 is 35.0 Å². The molecular formula is C22H26Cl2F2O3. The summed E-state index contributed by atoms with van der Waals surface area (Å²) in [4.78, 5) is 22.7. The third-order valence-corrected chi connectivity index (χ3v) is 9.68. The van der Waals surface area contributed by atoms with Gasteiger partial charge in [0.05, 0.1) is 10.3 Å². The maximum Gasteiger partial charge on any atom is 0.305 e. The summed E-state index contributed by atoms with van der Waals surface area (Å²) in [5, 5.41) is -0.602. The zero-order valence-electron chi connectivity index (χ0n) is 16.8. The van der Waals surface area contributed by atoms with Gasteiger partial charge in [0, 0.05) is 22.8 Å². The lowest BCUT2D eigenvalue weighted by atomic mass is 9.47. The van der Waals surface area contributed by atoms with Crippen LogP contribution in [0.3, 0.4) is 0 Å². The van der Waals surface area contributed by atoms with Crippen molar-refractivity contribution in [2.75, 3.05) is 0 Å². The Balaban J connectivity index is 1.78. The van der Waals surface area contributed by atoms with Crippen LogP contribution >= 0.6 is 23.2 Å².